The van der Waals surface area contributed by atoms with Crippen LogP contribution in [0.3, 0.4) is 0 Å². The first-order valence-corrected chi connectivity index (χ1v) is 13.5. The third-order valence-corrected chi connectivity index (χ3v) is 8.01. The molecule has 0 aliphatic carbocycles. The van der Waals surface area contributed by atoms with Crippen LogP contribution in [0.1, 0.15) is 12.0 Å². The van der Waals surface area contributed by atoms with Crippen molar-refractivity contribution in [3.63, 3.8) is 0 Å². The molecule has 1 aliphatic heterocycles. The number of para-hydroxylation sites is 1. The maximum Gasteiger partial charge on any atom is 0.353 e. The number of nitrogens with zero attached hydrogens (tertiary/aromatic N) is 4. The maximum absolute atomic E-state index is 13.5. The largest absolute Gasteiger partial charge is 0.511 e. The second-order valence-corrected chi connectivity index (χ2v) is 10.5. The van der Waals surface area contributed by atoms with Crippen molar-refractivity contribution in [2.24, 2.45) is 5.92 Å². The van der Waals surface area contributed by atoms with Crippen molar-refractivity contribution < 1.29 is 19.4 Å². The number of hydrogen-bond acceptors (Lipinski definition) is 9. The molecule has 40 heavy (non-hydrogen) atoms. The summed E-state index contributed by atoms with van der Waals surface area (Å²) in [6.45, 7) is 6.10. The number of carbonyl (C=O) groups is 1. The van der Waals surface area contributed by atoms with Crippen molar-refractivity contribution >= 4 is 44.3 Å². The topological polar surface area (TPSA) is 128 Å². The van der Waals surface area contributed by atoms with E-state index in [4.69, 9.17) is 9.47 Å². The number of hydrogen-bond donors (Lipinski definition) is 2. The first-order chi connectivity index (χ1) is 19.4. The van der Waals surface area contributed by atoms with Gasteiger partial charge in [0.15, 0.2) is 0 Å². The molecule has 5 aromatic rings. The van der Waals surface area contributed by atoms with Crippen molar-refractivity contribution in [2.75, 3.05) is 13.2 Å². The van der Waals surface area contributed by atoms with Gasteiger partial charge in [-0.1, -0.05) is 24.8 Å². The zero-order valence-corrected chi connectivity index (χ0v) is 22.4. The Labute approximate surface area is 232 Å². The molecule has 0 spiro atoms. The summed E-state index contributed by atoms with van der Waals surface area (Å²) in [4.78, 5) is 39.2. The maximum atomic E-state index is 13.5. The summed E-state index contributed by atoms with van der Waals surface area (Å²) >= 11 is 1.27. The zero-order chi connectivity index (χ0) is 27.8. The highest BCUT2D eigenvalue weighted by molar-refractivity contribution is 7.17. The van der Waals surface area contributed by atoms with Crippen molar-refractivity contribution in [1.82, 2.24) is 24.8 Å². The fourth-order valence-corrected chi connectivity index (χ4v) is 5.98. The molecule has 11 heteroatoms. The summed E-state index contributed by atoms with van der Waals surface area (Å²) in [5.74, 6) is 0.700. The molecule has 0 radical (unpaired) electrons. The van der Waals surface area contributed by atoms with Crippen LogP contribution < -0.4 is 20.3 Å². The summed E-state index contributed by atoms with van der Waals surface area (Å²) in [7, 11) is 0. The number of ether oxygens (including phenoxy) is 2. The highest BCUT2D eigenvalue weighted by Gasteiger charge is 2.30. The van der Waals surface area contributed by atoms with Gasteiger partial charge in [0, 0.05) is 24.6 Å². The van der Waals surface area contributed by atoms with E-state index in [1.54, 1.807) is 24.5 Å². The van der Waals surface area contributed by atoms with Crippen LogP contribution in [-0.2, 0) is 9.53 Å². The van der Waals surface area contributed by atoms with Gasteiger partial charge in [0.2, 0.25) is 11.8 Å². The predicted molar refractivity (Wildman–Crippen MR) is 152 cm³/mol. The van der Waals surface area contributed by atoms with Gasteiger partial charge in [-0.25, -0.2) is 14.8 Å². The van der Waals surface area contributed by atoms with Crippen LogP contribution in [-0.4, -0.2) is 49.8 Å². The van der Waals surface area contributed by atoms with E-state index in [0.29, 0.717) is 56.3 Å². The standard InChI is InChI=1S/C29H25N5O5S/c1-3-23(36)32-19-15-38-14-17(19)12-22(35)27-26-25-20(9-10-30-28(25)40-27)34(29(37)33-26)21-13-31-24(11-16(21)2)39-18-7-5-4-6-8-18/h3-11,13,17,19,35H,1,12,14-15H2,2H3,(H,32,36)/t17-,19+/m1/s1. The molecule has 2 N–H and O–H groups in total. The Morgan fingerprint density at radius 3 is 2.88 bits per heavy atom. The Kier molecular flexibility index (Phi) is 6.74. The van der Waals surface area contributed by atoms with E-state index >= 15 is 0 Å². The van der Waals surface area contributed by atoms with Gasteiger partial charge in [-0.05, 0) is 36.8 Å². The lowest BCUT2D eigenvalue weighted by molar-refractivity contribution is -0.117. The number of aryl methyl sites for hydroxylation is 1. The highest BCUT2D eigenvalue weighted by Crippen LogP contribution is 2.29. The van der Waals surface area contributed by atoms with E-state index in [2.05, 4.69) is 26.8 Å². The second-order valence-electron chi connectivity index (χ2n) is 9.51. The molecule has 1 aromatic carbocycles. The molecular weight excluding hydrogens is 530 g/mol. The minimum absolute atomic E-state index is 0.0718. The number of benzene rings is 1. The second kappa shape index (κ2) is 10.5. The van der Waals surface area contributed by atoms with E-state index in [9.17, 15) is 14.7 Å². The van der Waals surface area contributed by atoms with Crippen LogP contribution in [0.5, 0.6) is 11.6 Å². The summed E-state index contributed by atoms with van der Waals surface area (Å²) in [5.41, 5.74) is 1.84. The van der Waals surface area contributed by atoms with Crippen molar-refractivity contribution in [3.8, 4) is 17.3 Å². The van der Waals surface area contributed by atoms with Crippen LogP contribution >= 0.6 is 11.3 Å². The lowest BCUT2D eigenvalue weighted by atomic mass is 9.98. The lowest BCUT2D eigenvalue weighted by Gasteiger charge is -2.17. The zero-order valence-electron chi connectivity index (χ0n) is 21.5. The van der Waals surface area contributed by atoms with Crippen LogP contribution in [0, 0.1) is 12.8 Å². The van der Waals surface area contributed by atoms with E-state index in [0.717, 1.165) is 5.56 Å². The van der Waals surface area contributed by atoms with Gasteiger partial charge in [-0.15, -0.1) is 11.3 Å². The van der Waals surface area contributed by atoms with Gasteiger partial charge >= 0.3 is 5.69 Å². The molecular formula is C29H25N5O5S. The molecule has 1 aliphatic rings. The normalized spacial score (nSPS) is 17.7. The number of aliphatic hydroxyl groups excluding tert-OH is 1. The van der Waals surface area contributed by atoms with Gasteiger partial charge < -0.3 is 19.9 Å². The van der Waals surface area contributed by atoms with Gasteiger partial charge in [-0.3, -0.25) is 9.36 Å². The minimum atomic E-state index is -0.505. The minimum Gasteiger partial charge on any atom is -0.511 e. The first kappa shape index (κ1) is 25.7. The number of aromatic nitrogens is 4. The molecule has 0 saturated carbocycles. The third kappa shape index (κ3) is 4.69. The van der Waals surface area contributed by atoms with Gasteiger partial charge in [0.05, 0.1) is 46.6 Å². The van der Waals surface area contributed by atoms with Crippen molar-refractivity contribution in [2.45, 2.75) is 19.4 Å². The summed E-state index contributed by atoms with van der Waals surface area (Å²) in [5, 5.41) is 14.7. The van der Waals surface area contributed by atoms with Crippen LogP contribution in [0.25, 0.3) is 32.7 Å². The molecule has 0 unspecified atom stereocenters. The van der Waals surface area contributed by atoms with Crippen molar-refractivity contribution in [1.29, 1.82) is 0 Å². The van der Waals surface area contributed by atoms with Gasteiger partial charge in [0.1, 0.15) is 21.9 Å². The molecule has 10 nitrogen and oxygen atoms in total. The summed E-state index contributed by atoms with van der Waals surface area (Å²) < 4.78 is 13.4. The molecule has 1 fully saturated rings. The molecule has 5 heterocycles. The SMILES string of the molecule is C=CC(=O)N[C@H]1COC[C@H]1CC(O)=c1sc2nccc3c2c1nc(=O)n3-c1cnc(Oc2ccccc2)cc1C. The Balaban J connectivity index is 1.40. The lowest BCUT2D eigenvalue weighted by Crippen LogP contribution is -2.39. The summed E-state index contributed by atoms with van der Waals surface area (Å²) in [6.07, 6.45) is 4.68. The number of thiophene rings is 1. The quantitative estimate of drug-likeness (QED) is 0.292. The molecule has 1 saturated heterocycles. The molecule has 0 bridgehead atoms. The average molecular weight is 556 g/mol. The molecule has 6 rings (SSSR count). The van der Waals surface area contributed by atoms with Crippen molar-refractivity contribution in [3.05, 3.63) is 88.1 Å². The molecule has 4 aromatic heterocycles. The average Bonchev–Trinajstić information content (AvgIpc) is 3.55. The predicted octanol–water partition coefficient (Wildman–Crippen LogP) is 3.58. The highest BCUT2D eigenvalue weighted by atomic mass is 32.1. The smallest absolute Gasteiger partial charge is 0.353 e. The van der Waals surface area contributed by atoms with Gasteiger partial charge in [-0.2, -0.15) is 4.98 Å². The first-order valence-electron chi connectivity index (χ1n) is 12.7. The fraction of sp³-hybridized carbons (Fsp3) is 0.207. The number of carbonyl (C=O) groups excluding carboxylic acids is 1. The summed E-state index contributed by atoms with van der Waals surface area (Å²) in [6, 6.07) is 12.6. The molecule has 1 amide bonds. The van der Waals surface area contributed by atoms with Crippen LogP contribution in [0.2, 0.25) is 0 Å². The number of nitrogens with one attached hydrogen (secondary N) is 1. The Morgan fingerprint density at radius 1 is 1.27 bits per heavy atom. The van der Waals surface area contributed by atoms with Gasteiger partial charge in [0.25, 0.3) is 0 Å². The van der Waals surface area contributed by atoms with Crippen LogP contribution in [0.15, 0.2) is 72.3 Å². The number of aliphatic hydroxyl groups is 1. The number of amides is 1. The Bertz CT molecular complexity index is 1870. The Morgan fingerprint density at radius 2 is 2.10 bits per heavy atom. The molecule has 202 valence electrons. The van der Waals surface area contributed by atoms with E-state index in [1.165, 1.54) is 22.0 Å². The van der Waals surface area contributed by atoms with E-state index in [1.807, 2.05) is 37.3 Å². The molecule has 2 atom stereocenters. The van der Waals surface area contributed by atoms with Crippen LogP contribution in [0.4, 0.5) is 0 Å². The monoisotopic (exact) mass is 555 g/mol. The fourth-order valence-electron chi connectivity index (χ4n) is 4.93. The van der Waals surface area contributed by atoms with E-state index in [-0.39, 0.29) is 30.0 Å². The van der Waals surface area contributed by atoms with E-state index < -0.39 is 5.69 Å². The Hall–Kier alpha value is -4.61. The number of rotatable bonds is 7. The third-order valence-electron chi connectivity index (χ3n) is 6.88. The number of pyridine rings is 2.